The maximum atomic E-state index is 12.2. The summed E-state index contributed by atoms with van der Waals surface area (Å²) in [5.41, 5.74) is -0.538. The van der Waals surface area contributed by atoms with Crippen molar-refractivity contribution in [3.05, 3.63) is 0 Å². The van der Waals surface area contributed by atoms with Crippen LogP contribution in [0, 0.1) is 0 Å². The fraction of sp³-hybridized carbons (Fsp3) is 0.867. The van der Waals surface area contributed by atoms with Crippen LogP contribution in [0.4, 0.5) is 4.79 Å². The number of ether oxygens (including phenoxy) is 1. The van der Waals surface area contributed by atoms with E-state index in [1.54, 1.807) is 4.90 Å². The Labute approximate surface area is 138 Å². The number of carbonyl (C=O) groups is 2. The van der Waals surface area contributed by atoms with Gasteiger partial charge in [0.05, 0.1) is 0 Å². The molecule has 0 radical (unpaired) electrons. The first-order valence-electron chi connectivity index (χ1n) is 7.82. The highest BCUT2D eigenvalue weighted by Crippen LogP contribution is 2.46. The molecule has 0 saturated carbocycles. The Morgan fingerprint density at radius 1 is 1.22 bits per heavy atom. The number of carbonyl (C=O) groups excluding carboxylic acids is 2. The third-order valence-corrected chi connectivity index (χ3v) is 5.54. The first kappa shape index (κ1) is 20.1. The molecular weight excluding hydrogens is 321 g/mol. The lowest BCUT2D eigenvalue weighted by atomic mass is 10.1. The second kappa shape index (κ2) is 8.27. The van der Waals surface area contributed by atoms with Crippen molar-refractivity contribution in [1.29, 1.82) is 0 Å². The molecule has 1 aliphatic heterocycles. The summed E-state index contributed by atoms with van der Waals surface area (Å²) in [5, 5.41) is 0. The minimum atomic E-state index is -3.32. The van der Waals surface area contributed by atoms with E-state index in [4.69, 9.17) is 13.8 Å². The molecule has 1 amide bonds. The third-order valence-electron chi connectivity index (χ3n) is 3.69. The topological polar surface area (TPSA) is 82.1 Å². The fourth-order valence-corrected chi connectivity index (χ4v) is 3.52. The summed E-state index contributed by atoms with van der Waals surface area (Å²) in [4.78, 5) is 25.8. The van der Waals surface area contributed by atoms with Crippen LogP contribution in [0.5, 0.6) is 0 Å². The maximum absolute atomic E-state index is 12.2. The molecule has 0 aromatic rings. The van der Waals surface area contributed by atoms with Crippen molar-refractivity contribution < 1.29 is 27.9 Å². The van der Waals surface area contributed by atoms with Crippen LogP contribution in [0.25, 0.3) is 0 Å². The Balaban J connectivity index is 2.51. The Hall–Kier alpha value is -0.910. The van der Waals surface area contributed by atoms with Crippen molar-refractivity contribution in [3.8, 4) is 0 Å². The van der Waals surface area contributed by atoms with Gasteiger partial charge in [0.15, 0.2) is 0 Å². The standard InChI is InChI=1S/C15H28NO6P/c1-15(2,3)22-14(18)16-10-6-7-12(16)8-9-13(17)11-23(19,20-4)21-5/h12H,6-11H2,1-5H3. The van der Waals surface area contributed by atoms with Gasteiger partial charge in [-0.05, 0) is 40.0 Å². The molecule has 0 aromatic heterocycles. The van der Waals surface area contributed by atoms with E-state index in [0.717, 1.165) is 12.8 Å². The fourth-order valence-electron chi connectivity index (χ4n) is 2.52. The second-order valence-corrected chi connectivity index (χ2v) is 8.95. The van der Waals surface area contributed by atoms with E-state index >= 15 is 0 Å². The van der Waals surface area contributed by atoms with Crippen LogP contribution in [0.1, 0.15) is 46.5 Å². The Morgan fingerprint density at radius 2 is 1.83 bits per heavy atom. The van der Waals surface area contributed by atoms with Crippen molar-refractivity contribution >= 4 is 19.5 Å². The van der Waals surface area contributed by atoms with Crippen LogP contribution in [0.15, 0.2) is 0 Å². The lowest BCUT2D eigenvalue weighted by molar-refractivity contribution is -0.117. The highest BCUT2D eigenvalue weighted by molar-refractivity contribution is 7.54. The quantitative estimate of drug-likeness (QED) is 0.656. The molecule has 0 aromatic carbocycles. The van der Waals surface area contributed by atoms with Gasteiger partial charge in [-0.3, -0.25) is 9.36 Å². The number of nitrogens with zero attached hydrogens (tertiary/aromatic N) is 1. The number of hydrogen-bond acceptors (Lipinski definition) is 6. The molecule has 1 rings (SSSR count). The van der Waals surface area contributed by atoms with Crippen LogP contribution in [-0.2, 0) is 23.1 Å². The molecule has 1 unspecified atom stereocenters. The zero-order valence-electron chi connectivity index (χ0n) is 14.7. The third kappa shape index (κ3) is 6.61. The summed E-state index contributed by atoms with van der Waals surface area (Å²) >= 11 is 0. The number of amides is 1. The van der Waals surface area contributed by atoms with Gasteiger partial charge in [0.1, 0.15) is 17.5 Å². The lowest BCUT2D eigenvalue weighted by Gasteiger charge is -2.28. The van der Waals surface area contributed by atoms with Crippen LogP contribution >= 0.6 is 7.60 Å². The van der Waals surface area contributed by atoms with Crippen molar-refractivity contribution in [1.82, 2.24) is 4.90 Å². The van der Waals surface area contributed by atoms with E-state index < -0.39 is 13.2 Å². The van der Waals surface area contributed by atoms with Crippen molar-refractivity contribution in [2.45, 2.75) is 58.1 Å². The number of Topliss-reactive ketones (excluding diaryl/α,β-unsaturated/α-hetero) is 1. The minimum absolute atomic E-state index is 0.0155. The first-order chi connectivity index (χ1) is 10.6. The normalized spacial score (nSPS) is 19.0. The summed E-state index contributed by atoms with van der Waals surface area (Å²) in [6.07, 6.45) is 1.93. The van der Waals surface area contributed by atoms with Gasteiger partial charge in [-0.2, -0.15) is 0 Å². The smallest absolute Gasteiger partial charge is 0.410 e. The average Bonchev–Trinajstić information content (AvgIpc) is 2.91. The molecule has 1 atom stereocenters. The molecule has 1 saturated heterocycles. The summed E-state index contributed by atoms with van der Waals surface area (Å²) in [6.45, 7) is 6.12. The van der Waals surface area contributed by atoms with Crippen LogP contribution in [0.2, 0.25) is 0 Å². The molecule has 7 nitrogen and oxygen atoms in total. The first-order valence-corrected chi connectivity index (χ1v) is 9.55. The van der Waals surface area contributed by atoms with E-state index in [1.165, 1.54) is 14.2 Å². The lowest BCUT2D eigenvalue weighted by Crippen LogP contribution is -2.40. The second-order valence-electron chi connectivity index (χ2n) is 6.68. The van der Waals surface area contributed by atoms with E-state index in [2.05, 4.69) is 0 Å². The van der Waals surface area contributed by atoms with Gasteiger partial charge in [0.25, 0.3) is 0 Å². The largest absolute Gasteiger partial charge is 0.444 e. The van der Waals surface area contributed by atoms with Crippen LogP contribution < -0.4 is 0 Å². The average molecular weight is 349 g/mol. The van der Waals surface area contributed by atoms with Gasteiger partial charge >= 0.3 is 13.7 Å². The molecule has 8 heteroatoms. The molecule has 1 heterocycles. The molecule has 1 fully saturated rings. The van der Waals surface area contributed by atoms with Crippen molar-refractivity contribution in [3.63, 3.8) is 0 Å². The maximum Gasteiger partial charge on any atom is 0.410 e. The van der Waals surface area contributed by atoms with Gasteiger partial charge in [-0.1, -0.05) is 0 Å². The zero-order chi connectivity index (χ0) is 17.7. The number of likely N-dealkylation sites (tertiary alicyclic amines) is 1. The number of ketones is 1. The molecule has 23 heavy (non-hydrogen) atoms. The summed E-state index contributed by atoms with van der Waals surface area (Å²) in [7, 11) is -0.790. The van der Waals surface area contributed by atoms with Gasteiger partial charge < -0.3 is 18.7 Å². The molecule has 134 valence electrons. The van der Waals surface area contributed by atoms with Crippen LogP contribution in [0.3, 0.4) is 0 Å². The predicted molar refractivity (Wildman–Crippen MR) is 86.7 cm³/mol. The summed E-state index contributed by atoms with van der Waals surface area (Å²) in [5.74, 6) is -0.187. The molecule has 1 aliphatic rings. The highest BCUT2D eigenvalue weighted by Gasteiger charge is 2.33. The van der Waals surface area contributed by atoms with E-state index in [9.17, 15) is 14.2 Å². The Kier molecular flexibility index (Phi) is 7.24. The van der Waals surface area contributed by atoms with E-state index in [1.807, 2.05) is 20.8 Å². The SMILES string of the molecule is COP(=O)(CC(=O)CCC1CCCN1C(=O)OC(C)(C)C)OC. The molecule has 0 aliphatic carbocycles. The van der Waals surface area contributed by atoms with Gasteiger partial charge in [-0.15, -0.1) is 0 Å². The number of hydrogen-bond donors (Lipinski definition) is 0. The molecule has 0 spiro atoms. The predicted octanol–water partition coefficient (Wildman–Crippen LogP) is 3.22. The monoisotopic (exact) mass is 349 g/mol. The van der Waals surface area contributed by atoms with E-state index in [-0.39, 0.29) is 30.5 Å². The van der Waals surface area contributed by atoms with Gasteiger partial charge in [-0.25, -0.2) is 4.79 Å². The zero-order valence-corrected chi connectivity index (χ0v) is 15.6. The summed E-state index contributed by atoms with van der Waals surface area (Å²) < 4.78 is 26.9. The number of rotatable bonds is 7. The Morgan fingerprint density at radius 3 is 2.35 bits per heavy atom. The van der Waals surface area contributed by atoms with Crippen molar-refractivity contribution in [2.24, 2.45) is 0 Å². The van der Waals surface area contributed by atoms with Crippen molar-refractivity contribution in [2.75, 3.05) is 26.9 Å². The molecule has 0 N–H and O–H groups in total. The Bertz CT molecular complexity index is 465. The molecular formula is C15H28NO6P. The molecule has 0 bridgehead atoms. The van der Waals surface area contributed by atoms with E-state index in [0.29, 0.717) is 13.0 Å². The van der Waals surface area contributed by atoms with Gasteiger partial charge in [0.2, 0.25) is 0 Å². The van der Waals surface area contributed by atoms with Crippen LogP contribution in [-0.4, -0.2) is 55.3 Å². The summed E-state index contributed by atoms with van der Waals surface area (Å²) in [6, 6.07) is -0.0155. The van der Waals surface area contributed by atoms with Gasteiger partial charge in [0, 0.05) is 33.2 Å². The minimum Gasteiger partial charge on any atom is -0.444 e. The highest BCUT2D eigenvalue weighted by atomic mass is 31.2.